The first-order valence-electron chi connectivity index (χ1n) is 24.6. The zero-order valence-corrected chi connectivity index (χ0v) is 42.6. The number of allylic oxidation sites excluding steroid dienone is 1. The number of aromatic hydroxyl groups is 1. The average Bonchev–Trinajstić information content (AvgIpc) is 3.87. The summed E-state index contributed by atoms with van der Waals surface area (Å²) in [7, 11) is 0. The number of hydrogen-bond donors (Lipinski definition) is 6. The molecule has 0 unspecified atom stereocenters. The number of aliphatic hydroxyl groups excluding tert-OH is 1. The first kappa shape index (κ1) is 53.4. The number of amides is 3. The maximum Gasteiger partial charge on any atom is 0.278 e. The monoisotopic (exact) mass is 1010 g/mol. The van der Waals surface area contributed by atoms with Crippen molar-refractivity contribution in [1.29, 1.82) is 0 Å². The van der Waals surface area contributed by atoms with Crippen molar-refractivity contribution in [3.8, 4) is 11.6 Å². The van der Waals surface area contributed by atoms with Crippen LogP contribution in [-0.4, -0.2) is 138 Å². The SMILES string of the molecule is C=CCn1c(=O)c2cnc(Nc3ccc(N4CCN(CCCCCCOCC(=O)N[C@H](C(=O)N5C[C@H](O)C[C@H]5C(=O)NCc5ccc(Cl)cc5O)C(C)(C)C)CC4)cc3)nc2n1-c1cccc(C(C)(C)O)n1. The number of anilines is 3. The first-order chi connectivity index (χ1) is 34.3. The average molecular weight is 1010 g/mol. The van der Waals surface area contributed by atoms with E-state index in [9.17, 15) is 34.5 Å². The van der Waals surface area contributed by atoms with E-state index < -0.39 is 46.9 Å². The molecule has 386 valence electrons. The van der Waals surface area contributed by atoms with Gasteiger partial charge >= 0.3 is 0 Å². The highest BCUT2D eigenvalue weighted by molar-refractivity contribution is 6.30. The summed E-state index contributed by atoms with van der Waals surface area (Å²) in [6.07, 6.45) is 6.12. The number of phenols is 1. The van der Waals surface area contributed by atoms with Crippen LogP contribution in [0.25, 0.3) is 16.9 Å². The summed E-state index contributed by atoms with van der Waals surface area (Å²) >= 11 is 5.93. The molecule has 0 spiro atoms. The number of rotatable bonds is 21. The van der Waals surface area contributed by atoms with E-state index in [1.807, 2.05) is 32.9 Å². The molecule has 5 heterocycles. The number of phenolic OH excluding ortho intramolecular Hbond substituents is 1. The minimum absolute atomic E-state index is 0.00571. The smallest absolute Gasteiger partial charge is 0.278 e. The second kappa shape index (κ2) is 23.4. The van der Waals surface area contributed by atoms with Crippen molar-refractivity contribution in [2.45, 2.75) is 104 Å². The summed E-state index contributed by atoms with van der Waals surface area (Å²) < 4.78 is 8.84. The first-order valence-corrected chi connectivity index (χ1v) is 24.9. The number of aromatic nitrogens is 5. The van der Waals surface area contributed by atoms with Crippen molar-refractivity contribution in [3.05, 3.63) is 106 Å². The highest BCUT2D eigenvalue weighted by atomic mass is 35.5. The topological polar surface area (TPSA) is 233 Å². The molecule has 2 aliphatic rings. The van der Waals surface area contributed by atoms with Gasteiger partial charge in [-0.15, -0.1) is 6.58 Å². The van der Waals surface area contributed by atoms with Gasteiger partial charge in [0.25, 0.3) is 5.56 Å². The van der Waals surface area contributed by atoms with Crippen LogP contribution >= 0.6 is 11.6 Å². The summed E-state index contributed by atoms with van der Waals surface area (Å²) in [6.45, 7) is 17.7. The highest BCUT2D eigenvalue weighted by Gasteiger charge is 2.44. The third kappa shape index (κ3) is 13.4. The van der Waals surface area contributed by atoms with Crippen LogP contribution in [0.2, 0.25) is 5.02 Å². The number of nitrogens with zero attached hydrogens (tertiary/aromatic N) is 8. The van der Waals surface area contributed by atoms with Gasteiger partial charge in [0.2, 0.25) is 23.7 Å². The quantitative estimate of drug-likeness (QED) is 0.0420. The molecule has 3 amide bonds. The lowest BCUT2D eigenvalue weighted by Gasteiger charge is -2.36. The number of nitrogens with one attached hydrogen (secondary N) is 3. The molecule has 3 atom stereocenters. The fourth-order valence-corrected chi connectivity index (χ4v) is 9.14. The number of hydrogen-bond acceptors (Lipinski definition) is 14. The van der Waals surface area contributed by atoms with Crippen molar-refractivity contribution in [2.24, 2.45) is 5.41 Å². The van der Waals surface area contributed by atoms with Crippen LogP contribution in [0, 0.1) is 5.41 Å². The Morgan fingerprint density at radius 1 is 0.972 bits per heavy atom. The number of aliphatic hydroxyl groups is 2. The molecule has 7 rings (SSSR count). The number of likely N-dealkylation sites (tertiary alicyclic amines) is 1. The molecule has 2 saturated heterocycles. The van der Waals surface area contributed by atoms with E-state index in [0.717, 1.165) is 69.8 Å². The number of piperazine rings is 1. The molecular weight excluding hydrogens is 942 g/mol. The Kier molecular flexibility index (Phi) is 17.4. The lowest BCUT2D eigenvalue weighted by Crippen LogP contribution is -2.58. The van der Waals surface area contributed by atoms with Gasteiger partial charge in [-0.3, -0.25) is 24.1 Å². The van der Waals surface area contributed by atoms with Crippen LogP contribution in [0.4, 0.5) is 17.3 Å². The largest absolute Gasteiger partial charge is 0.508 e. The van der Waals surface area contributed by atoms with E-state index in [0.29, 0.717) is 45.7 Å². The van der Waals surface area contributed by atoms with Gasteiger partial charge in [-0.2, -0.15) is 4.98 Å². The predicted molar refractivity (Wildman–Crippen MR) is 277 cm³/mol. The molecule has 0 saturated carbocycles. The normalized spacial score (nSPS) is 17.0. The lowest BCUT2D eigenvalue weighted by molar-refractivity contribution is -0.144. The van der Waals surface area contributed by atoms with E-state index >= 15 is 0 Å². The summed E-state index contributed by atoms with van der Waals surface area (Å²) in [5.41, 5.74) is 1.03. The third-order valence-corrected chi connectivity index (χ3v) is 13.2. The second-order valence-electron chi connectivity index (χ2n) is 20.1. The zero-order chi connectivity index (χ0) is 51.7. The van der Waals surface area contributed by atoms with E-state index in [1.165, 1.54) is 21.8 Å². The molecular formula is C52H68ClN11O8. The molecule has 2 aliphatic heterocycles. The molecule has 19 nitrogen and oxygen atoms in total. The number of unbranched alkanes of at least 4 members (excludes halogenated alkanes) is 3. The standard InChI is InChI=1S/C52H68ClN11O8/c1-7-21-63-48(69)39-31-55-50(59-46(39)64(63)43-14-12-13-42(57-43)52(5,6)71)56-36-17-19-37(20-18-36)61-25-23-60(24-26-61)22-10-8-9-11-27-72-33-44(67)58-45(51(2,3)4)49(70)62-32-38(65)29-40(62)47(68)54-30-34-15-16-35(53)28-41(34)66/h7,12-20,28,31,38,40,45,65-66,71H,1,8-11,21-27,29-30,32-33H2,2-6H3,(H,54,68)(H,58,67)(H,55,56,59)/t38-,40+,45-/m1/s1. The van der Waals surface area contributed by atoms with Gasteiger partial charge < -0.3 is 45.8 Å². The lowest BCUT2D eigenvalue weighted by atomic mass is 9.85. The molecule has 0 aliphatic carbocycles. The van der Waals surface area contributed by atoms with Gasteiger partial charge in [0.1, 0.15) is 35.4 Å². The van der Waals surface area contributed by atoms with Crippen LogP contribution in [0.5, 0.6) is 5.75 Å². The van der Waals surface area contributed by atoms with E-state index in [-0.39, 0.29) is 44.0 Å². The molecule has 20 heteroatoms. The van der Waals surface area contributed by atoms with Gasteiger partial charge in [0, 0.05) is 80.5 Å². The van der Waals surface area contributed by atoms with E-state index in [4.69, 9.17) is 21.3 Å². The van der Waals surface area contributed by atoms with E-state index in [2.05, 4.69) is 54.4 Å². The maximum absolute atomic E-state index is 13.9. The van der Waals surface area contributed by atoms with Gasteiger partial charge in [-0.25, -0.2) is 19.3 Å². The number of carbonyl (C=O) groups is 3. The Hall–Kier alpha value is -6.38. The van der Waals surface area contributed by atoms with Crippen LogP contribution < -0.4 is 26.4 Å². The number of carbonyl (C=O) groups excluding carboxylic acids is 3. The molecule has 3 aromatic heterocycles. The fraction of sp³-hybridized carbons (Fsp3) is 0.481. The number of benzene rings is 2. The minimum atomic E-state index is -1.18. The van der Waals surface area contributed by atoms with Crippen molar-refractivity contribution in [2.75, 3.05) is 62.7 Å². The van der Waals surface area contributed by atoms with Crippen LogP contribution in [-0.2, 0) is 37.8 Å². The summed E-state index contributed by atoms with van der Waals surface area (Å²) in [4.78, 5) is 73.6. The summed E-state index contributed by atoms with van der Waals surface area (Å²) in [5.74, 6) is -0.697. The Bertz CT molecular complexity index is 2760. The van der Waals surface area contributed by atoms with Crippen molar-refractivity contribution in [1.82, 2.24) is 44.7 Å². The maximum atomic E-state index is 13.9. The number of fused-ring (bicyclic) bond motifs is 1. The van der Waals surface area contributed by atoms with Gasteiger partial charge in [0.05, 0.1) is 18.3 Å². The van der Waals surface area contributed by atoms with Crippen LogP contribution in [0.1, 0.15) is 78.0 Å². The van der Waals surface area contributed by atoms with Crippen molar-refractivity contribution in [3.63, 3.8) is 0 Å². The Labute approximate surface area is 424 Å². The molecule has 72 heavy (non-hydrogen) atoms. The summed E-state index contributed by atoms with van der Waals surface area (Å²) in [5, 5.41) is 40.8. The van der Waals surface area contributed by atoms with Crippen LogP contribution in [0.15, 0.2) is 84.3 Å². The Balaban J connectivity index is 0.804. The molecule has 2 fully saturated rings. The second-order valence-corrected chi connectivity index (χ2v) is 20.5. The molecule has 5 aromatic rings. The van der Waals surface area contributed by atoms with Gasteiger partial charge in [-0.1, -0.05) is 63.4 Å². The zero-order valence-electron chi connectivity index (χ0n) is 41.8. The highest BCUT2D eigenvalue weighted by Crippen LogP contribution is 2.28. The van der Waals surface area contributed by atoms with Crippen LogP contribution in [0.3, 0.4) is 0 Å². The number of halogens is 1. The molecule has 0 radical (unpaired) electrons. The number of β-amino-alcohol motifs (C(OH)–C–C–N with tert-alkyl or cyclic N) is 1. The number of pyridine rings is 1. The van der Waals surface area contributed by atoms with E-state index in [1.54, 1.807) is 54.9 Å². The van der Waals surface area contributed by atoms with Crippen molar-refractivity contribution < 1.29 is 34.4 Å². The predicted octanol–water partition coefficient (Wildman–Crippen LogP) is 5.00. The van der Waals surface area contributed by atoms with Gasteiger partial charge in [0.15, 0.2) is 11.5 Å². The number of ether oxygens (including phenoxy) is 1. The molecule has 2 aromatic carbocycles. The third-order valence-electron chi connectivity index (χ3n) is 12.9. The molecule has 0 bridgehead atoms. The molecule has 6 N–H and O–H groups in total. The van der Waals surface area contributed by atoms with Crippen molar-refractivity contribution >= 4 is 57.7 Å². The van der Waals surface area contributed by atoms with Gasteiger partial charge in [-0.05, 0) is 87.2 Å². The Morgan fingerprint density at radius 2 is 1.71 bits per heavy atom. The minimum Gasteiger partial charge on any atom is -0.508 e. The summed E-state index contributed by atoms with van der Waals surface area (Å²) in [6, 6.07) is 16.1. The Morgan fingerprint density at radius 3 is 2.40 bits per heavy atom. The fourth-order valence-electron chi connectivity index (χ4n) is 8.97.